The SMILES string of the molecule is O=C1NC(CCc2ccc3c(c2)OCO3)=C(C(=O)OCc2ccc(F)cc2)C(c2ccccc2)N1. The third kappa shape index (κ3) is 5.11. The Kier molecular flexibility index (Phi) is 6.34. The maximum Gasteiger partial charge on any atom is 0.338 e. The fourth-order valence-electron chi connectivity index (χ4n) is 4.12. The van der Waals surface area contributed by atoms with Gasteiger partial charge in [-0.2, -0.15) is 0 Å². The van der Waals surface area contributed by atoms with Crippen molar-refractivity contribution in [1.29, 1.82) is 0 Å². The molecular formula is C27H23FN2O5. The van der Waals surface area contributed by atoms with Crippen molar-refractivity contribution in [3.63, 3.8) is 0 Å². The first-order chi connectivity index (χ1) is 17.1. The van der Waals surface area contributed by atoms with Crippen LogP contribution < -0.4 is 20.1 Å². The third-order valence-corrected chi connectivity index (χ3v) is 5.89. The molecule has 1 unspecified atom stereocenters. The van der Waals surface area contributed by atoms with Gasteiger partial charge < -0.3 is 24.8 Å². The van der Waals surface area contributed by atoms with E-state index in [9.17, 15) is 14.0 Å². The molecule has 2 amide bonds. The summed E-state index contributed by atoms with van der Waals surface area (Å²) in [5, 5.41) is 5.64. The molecule has 2 heterocycles. The number of benzene rings is 3. The van der Waals surface area contributed by atoms with Crippen molar-refractivity contribution >= 4 is 12.0 Å². The molecule has 0 bridgehead atoms. The average molecular weight is 474 g/mol. The highest BCUT2D eigenvalue weighted by Gasteiger charge is 2.33. The highest BCUT2D eigenvalue weighted by molar-refractivity contribution is 5.95. The van der Waals surface area contributed by atoms with E-state index >= 15 is 0 Å². The molecule has 178 valence electrons. The first-order valence-electron chi connectivity index (χ1n) is 11.2. The molecule has 0 aliphatic carbocycles. The lowest BCUT2D eigenvalue weighted by molar-refractivity contribution is -0.140. The number of rotatable bonds is 7. The lowest BCUT2D eigenvalue weighted by atomic mass is 9.93. The highest BCUT2D eigenvalue weighted by atomic mass is 19.1. The topological polar surface area (TPSA) is 85.9 Å². The predicted octanol–water partition coefficient (Wildman–Crippen LogP) is 4.54. The molecule has 35 heavy (non-hydrogen) atoms. The largest absolute Gasteiger partial charge is 0.457 e. The van der Waals surface area contributed by atoms with Crippen LogP contribution >= 0.6 is 0 Å². The number of hydrogen-bond acceptors (Lipinski definition) is 5. The Balaban J connectivity index is 1.42. The lowest BCUT2D eigenvalue weighted by Gasteiger charge is -2.29. The summed E-state index contributed by atoms with van der Waals surface area (Å²) >= 11 is 0. The number of ether oxygens (including phenoxy) is 3. The van der Waals surface area contributed by atoms with E-state index in [2.05, 4.69) is 10.6 Å². The van der Waals surface area contributed by atoms with Gasteiger partial charge in [-0.1, -0.05) is 48.5 Å². The zero-order valence-electron chi connectivity index (χ0n) is 18.8. The molecule has 0 saturated carbocycles. The second kappa shape index (κ2) is 9.89. The second-order valence-electron chi connectivity index (χ2n) is 8.22. The molecule has 2 aliphatic rings. The Morgan fingerprint density at radius 2 is 1.69 bits per heavy atom. The molecule has 0 saturated heterocycles. The third-order valence-electron chi connectivity index (χ3n) is 5.89. The van der Waals surface area contributed by atoms with Crippen LogP contribution in [0.25, 0.3) is 0 Å². The first kappa shape index (κ1) is 22.5. The zero-order valence-corrected chi connectivity index (χ0v) is 18.8. The number of carbonyl (C=O) groups is 2. The van der Waals surface area contributed by atoms with Crippen LogP contribution in [0.4, 0.5) is 9.18 Å². The average Bonchev–Trinajstić information content (AvgIpc) is 3.35. The molecule has 0 fully saturated rings. The second-order valence-corrected chi connectivity index (χ2v) is 8.22. The number of hydrogen-bond donors (Lipinski definition) is 2. The lowest BCUT2D eigenvalue weighted by Crippen LogP contribution is -2.46. The summed E-state index contributed by atoms with van der Waals surface area (Å²) in [6, 6.07) is 19.6. The van der Waals surface area contributed by atoms with Crippen molar-refractivity contribution in [2.75, 3.05) is 6.79 Å². The number of carbonyl (C=O) groups excluding carboxylic acids is 2. The molecule has 8 heteroatoms. The van der Waals surface area contributed by atoms with Gasteiger partial charge in [-0.25, -0.2) is 14.0 Å². The van der Waals surface area contributed by atoms with Crippen molar-refractivity contribution in [1.82, 2.24) is 10.6 Å². The monoisotopic (exact) mass is 474 g/mol. The van der Waals surface area contributed by atoms with Crippen LogP contribution in [-0.4, -0.2) is 18.8 Å². The molecular weight excluding hydrogens is 451 g/mol. The Hall–Kier alpha value is -4.33. The predicted molar refractivity (Wildman–Crippen MR) is 125 cm³/mol. The van der Waals surface area contributed by atoms with Gasteiger partial charge in [0.2, 0.25) is 6.79 Å². The van der Waals surface area contributed by atoms with Crippen LogP contribution in [-0.2, 0) is 22.6 Å². The molecule has 2 N–H and O–H groups in total. The normalized spacial score (nSPS) is 16.5. The molecule has 0 aromatic heterocycles. The van der Waals surface area contributed by atoms with Gasteiger partial charge in [0.15, 0.2) is 11.5 Å². The van der Waals surface area contributed by atoms with Gasteiger partial charge in [0.1, 0.15) is 12.4 Å². The van der Waals surface area contributed by atoms with Gasteiger partial charge in [0.25, 0.3) is 0 Å². The Bertz CT molecular complexity index is 1270. The van der Waals surface area contributed by atoms with Crippen LogP contribution in [0.2, 0.25) is 0 Å². The summed E-state index contributed by atoms with van der Waals surface area (Å²) in [6.07, 6.45) is 0.958. The van der Waals surface area contributed by atoms with Crippen LogP contribution in [0.1, 0.15) is 29.2 Å². The standard InChI is InChI=1S/C27H23FN2O5/c28-20-10-6-18(7-11-20)15-33-26(31)24-21(12-8-17-9-13-22-23(14-17)35-16-34-22)29-27(32)30-25(24)19-4-2-1-3-5-19/h1-7,9-11,13-14,25H,8,12,15-16H2,(H2,29,30,32). The number of aryl methyl sites for hydroxylation is 1. The van der Waals surface area contributed by atoms with Gasteiger partial charge in [-0.05, 0) is 53.8 Å². The fraction of sp³-hybridized carbons (Fsp3) is 0.185. The van der Waals surface area contributed by atoms with Crippen LogP contribution in [0, 0.1) is 5.82 Å². The number of esters is 1. The maximum atomic E-state index is 13.3. The minimum absolute atomic E-state index is 0.0203. The van der Waals surface area contributed by atoms with E-state index < -0.39 is 18.0 Å². The quantitative estimate of drug-likeness (QED) is 0.491. The van der Waals surface area contributed by atoms with Crippen molar-refractivity contribution in [3.8, 4) is 11.5 Å². The Morgan fingerprint density at radius 3 is 2.49 bits per heavy atom. The van der Waals surface area contributed by atoms with E-state index in [1.54, 1.807) is 12.1 Å². The minimum Gasteiger partial charge on any atom is -0.457 e. The van der Waals surface area contributed by atoms with Crippen molar-refractivity contribution < 1.29 is 28.2 Å². The van der Waals surface area contributed by atoms with Crippen molar-refractivity contribution in [2.24, 2.45) is 0 Å². The van der Waals surface area contributed by atoms with Crippen molar-refractivity contribution in [3.05, 3.63) is 107 Å². The number of fused-ring (bicyclic) bond motifs is 1. The van der Waals surface area contributed by atoms with E-state index in [0.29, 0.717) is 41.2 Å². The summed E-state index contributed by atoms with van der Waals surface area (Å²) < 4.78 is 29.6. The zero-order chi connectivity index (χ0) is 24.2. The number of halogens is 1. The number of amides is 2. The van der Waals surface area contributed by atoms with Crippen molar-refractivity contribution in [2.45, 2.75) is 25.5 Å². The Labute approximate surface area is 201 Å². The molecule has 0 spiro atoms. The van der Waals surface area contributed by atoms with Crippen LogP contribution in [0.3, 0.4) is 0 Å². The first-order valence-corrected chi connectivity index (χ1v) is 11.2. The van der Waals surface area contributed by atoms with Crippen LogP contribution in [0.15, 0.2) is 84.1 Å². The van der Waals surface area contributed by atoms with E-state index in [-0.39, 0.29) is 19.2 Å². The van der Waals surface area contributed by atoms with Gasteiger partial charge in [0, 0.05) is 5.70 Å². The van der Waals surface area contributed by atoms with Gasteiger partial charge in [0.05, 0.1) is 11.6 Å². The number of nitrogens with one attached hydrogen (secondary N) is 2. The van der Waals surface area contributed by atoms with Gasteiger partial charge in [-0.3, -0.25) is 0 Å². The van der Waals surface area contributed by atoms with Gasteiger partial charge >= 0.3 is 12.0 Å². The highest BCUT2D eigenvalue weighted by Crippen LogP contribution is 2.34. The maximum absolute atomic E-state index is 13.3. The Morgan fingerprint density at radius 1 is 0.943 bits per heavy atom. The summed E-state index contributed by atoms with van der Waals surface area (Å²) in [5.41, 5.74) is 3.22. The van der Waals surface area contributed by atoms with Gasteiger partial charge in [-0.15, -0.1) is 0 Å². The fourth-order valence-corrected chi connectivity index (χ4v) is 4.12. The molecule has 0 radical (unpaired) electrons. The molecule has 3 aromatic carbocycles. The molecule has 3 aromatic rings. The smallest absolute Gasteiger partial charge is 0.338 e. The van der Waals surface area contributed by atoms with Crippen LogP contribution in [0.5, 0.6) is 11.5 Å². The van der Waals surface area contributed by atoms with E-state index in [1.165, 1.54) is 12.1 Å². The molecule has 2 aliphatic heterocycles. The number of allylic oxidation sites excluding steroid dienone is 1. The number of urea groups is 1. The summed E-state index contributed by atoms with van der Waals surface area (Å²) in [7, 11) is 0. The summed E-state index contributed by atoms with van der Waals surface area (Å²) in [4.78, 5) is 25.8. The van der Waals surface area contributed by atoms with E-state index in [1.807, 2.05) is 48.5 Å². The summed E-state index contributed by atoms with van der Waals surface area (Å²) in [6.45, 7) is 0.169. The molecule has 7 nitrogen and oxygen atoms in total. The minimum atomic E-state index is -0.669. The molecule has 1 atom stereocenters. The summed E-state index contributed by atoms with van der Waals surface area (Å²) in [5.74, 6) is 0.442. The van der Waals surface area contributed by atoms with E-state index in [4.69, 9.17) is 14.2 Å². The molecule has 5 rings (SSSR count). The van der Waals surface area contributed by atoms with E-state index in [0.717, 1.165) is 11.1 Å².